The van der Waals surface area contributed by atoms with Crippen molar-refractivity contribution in [3.05, 3.63) is 58.2 Å². The monoisotopic (exact) mass is 356 g/mol. The van der Waals surface area contributed by atoms with E-state index < -0.39 is 0 Å². The number of fused-ring (bicyclic) bond motifs is 3. The van der Waals surface area contributed by atoms with E-state index in [4.69, 9.17) is 4.98 Å². The van der Waals surface area contributed by atoms with Crippen molar-refractivity contribution >= 4 is 42.4 Å². The fourth-order valence-corrected chi connectivity index (χ4v) is 4.20. The molecule has 4 aromatic rings. The van der Waals surface area contributed by atoms with E-state index in [0.717, 1.165) is 20.7 Å². The summed E-state index contributed by atoms with van der Waals surface area (Å²) in [5, 5.41) is 0. The van der Waals surface area contributed by atoms with E-state index in [-0.39, 0.29) is 0 Å². The first-order valence-corrected chi connectivity index (χ1v) is 8.39. The molecule has 0 saturated carbocycles. The van der Waals surface area contributed by atoms with Crippen LogP contribution in [0.15, 0.2) is 46.9 Å². The number of thiazole rings is 1. The largest absolute Gasteiger partial charge is 0.287 e. The van der Waals surface area contributed by atoms with Gasteiger partial charge in [-0.2, -0.15) is 0 Å². The van der Waals surface area contributed by atoms with Gasteiger partial charge in [-0.3, -0.25) is 4.40 Å². The lowest BCUT2D eigenvalue weighted by atomic mass is 10.1. The molecule has 0 bridgehead atoms. The summed E-state index contributed by atoms with van der Waals surface area (Å²) in [4.78, 5) is 5.92. The van der Waals surface area contributed by atoms with Crippen LogP contribution in [0.4, 0.5) is 0 Å². The zero-order valence-electron chi connectivity index (χ0n) is 11.7. The SMILES string of the molecule is Cc1cccc2sc3nc(-c4ccc(Br)cc4)c(C)n3c12. The number of aromatic nitrogens is 2. The number of nitrogens with zero attached hydrogens (tertiary/aromatic N) is 2. The van der Waals surface area contributed by atoms with Gasteiger partial charge in [-0.1, -0.05) is 51.5 Å². The van der Waals surface area contributed by atoms with E-state index in [0.29, 0.717) is 0 Å². The van der Waals surface area contributed by atoms with Gasteiger partial charge < -0.3 is 0 Å². The highest BCUT2D eigenvalue weighted by Crippen LogP contribution is 2.34. The van der Waals surface area contributed by atoms with Gasteiger partial charge in [0.1, 0.15) is 0 Å². The quantitative estimate of drug-likeness (QED) is 0.434. The highest BCUT2D eigenvalue weighted by molar-refractivity contribution is 9.10. The zero-order valence-corrected chi connectivity index (χ0v) is 14.1. The molecule has 0 amide bonds. The van der Waals surface area contributed by atoms with E-state index in [1.807, 2.05) is 0 Å². The Balaban J connectivity index is 2.05. The Labute approximate surface area is 135 Å². The molecule has 0 unspecified atom stereocenters. The van der Waals surface area contributed by atoms with Crippen LogP contribution in [0.25, 0.3) is 26.4 Å². The van der Waals surface area contributed by atoms with Crippen LogP contribution in [0, 0.1) is 13.8 Å². The van der Waals surface area contributed by atoms with Crippen LogP contribution >= 0.6 is 27.3 Å². The topological polar surface area (TPSA) is 17.3 Å². The molecule has 4 heteroatoms. The van der Waals surface area contributed by atoms with E-state index >= 15 is 0 Å². The second kappa shape index (κ2) is 4.68. The molecule has 0 atom stereocenters. The van der Waals surface area contributed by atoms with Gasteiger partial charge in [0.25, 0.3) is 0 Å². The van der Waals surface area contributed by atoms with Crippen molar-refractivity contribution in [3.63, 3.8) is 0 Å². The number of hydrogen-bond donors (Lipinski definition) is 0. The summed E-state index contributed by atoms with van der Waals surface area (Å²) >= 11 is 5.23. The molecule has 0 spiro atoms. The lowest BCUT2D eigenvalue weighted by Crippen LogP contribution is -1.88. The molecular weight excluding hydrogens is 344 g/mol. The molecular formula is C17H13BrN2S. The number of rotatable bonds is 1. The summed E-state index contributed by atoms with van der Waals surface area (Å²) in [6.45, 7) is 4.31. The van der Waals surface area contributed by atoms with Gasteiger partial charge in [0, 0.05) is 15.7 Å². The van der Waals surface area contributed by atoms with E-state index in [9.17, 15) is 0 Å². The Hall–Kier alpha value is -1.65. The molecule has 0 aliphatic heterocycles. The maximum Gasteiger partial charge on any atom is 0.195 e. The predicted molar refractivity (Wildman–Crippen MR) is 93.2 cm³/mol. The summed E-state index contributed by atoms with van der Waals surface area (Å²) in [7, 11) is 0. The minimum absolute atomic E-state index is 1.06. The van der Waals surface area contributed by atoms with Crippen molar-refractivity contribution in [2.75, 3.05) is 0 Å². The van der Waals surface area contributed by atoms with Crippen molar-refractivity contribution < 1.29 is 0 Å². The summed E-state index contributed by atoms with van der Waals surface area (Å²) in [5.41, 5.74) is 6.01. The van der Waals surface area contributed by atoms with Crippen LogP contribution in [0.1, 0.15) is 11.3 Å². The molecule has 0 saturated heterocycles. The third-order valence-electron chi connectivity index (χ3n) is 3.82. The van der Waals surface area contributed by atoms with Crippen molar-refractivity contribution in [1.82, 2.24) is 9.38 Å². The maximum atomic E-state index is 4.86. The molecule has 0 fully saturated rings. The average molecular weight is 357 g/mol. The summed E-state index contributed by atoms with van der Waals surface area (Å²) in [6, 6.07) is 14.8. The summed E-state index contributed by atoms with van der Waals surface area (Å²) < 4.78 is 4.67. The smallest absolute Gasteiger partial charge is 0.195 e. The second-order valence-electron chi connectivity index (χ2n) is 5.19. The Kier molecular flexibility index (Phi) is 2.91. The molecule has 0 aliphatic carbocycles. The van der Waals surface area contributed by atoms with Gasteiger partial charge in [0.2, 0.25) is 0 Å². The Morgan fingerprint density at radius 2 is 1.81 bits per heavy atom. The summed E-state index contributed by atoms with van der Waals surface area (Å²) in [5.74, 6) is 0. The van der Waals surface area contributed by atoms with Gasteiger partial charge in [0.05, 0.1) is 15.9 Å². The van der Waals surface area contributed by atoms with Gasteiger partial charge >= 0.3 is 0 Å². The van der Waals surface area contributed by atoms with Crippen molar-refractivity contribution in [1.29, 1.82) is 0 Å². The lowest BCUT2D eigenvalue weighted by Gasteiger charge is -2.02. The Morgan fingerprint density at radius 3 is 2.57 bits per heavy atom. The molecule has 21 heavy (non-hydrogen) atoms. The predicted octanol–water partition coefficient (Wildman–Crippen LogP) is 5.60. The third-order valence-corrected chi connectivity index (χ3v) is 5.35. The minimum atomic E-state index is 1.06. The molecule has 0 radical (unpaired) electrons. The van der Waals surface area contributed by atoms with E-state index in [1.54, 1.807) is 11.3 Å². The zero-order chi connectivity index (χ0) is 14.6. The fourth-order valence-electron chi connectivity index (χ4n) is 2.79. The first kappa shape index (κ1) is 13.0. The van der Waals surface area contributed by atoms with Crippen molar-refractivity contribution in [2.45, 2.75) is 13.8 Å². The van der Waals surface area contributed by atoms with Gasteiger partial charge in [-0.15, -0.1) is 0 Å². The van der Waals surface area contributed by atoms with E-state index in [2.05, 4.69) is 76.6 Å². The number of para-hydroxylation sites is 1. The number of imidazole rings is 1. The van der Waals surface area contributed by atoms with Crippen LogP contribution in [0.3, 0.4) is 0 Å². The molecule has 104 valence electrons. The second-order valence-corrected chi connectivity index (χ2v) is 7.12. The molecule has 2 heterocycles. The van der Waals surface area contributed by atoms with Crippen molar-refractivity contribution in [2.24, 2.45) is 0 Å². The fraction of sp³-hybridized carbons (Fsp3) is 0.118. The highest BCUT2D eigenvalue weighted by atomic mass is 79.9. The average Bonchev–Trinajstić information content (AvgIpc) is 2.98. The molecule has 2 nitrogen and oxygen atoms in total. The lowest BCUT2D eigenvalue weighted by molar-refractivity contribution is 1.18. The number of aryl methyl sites for hydroxylation is 2. The van der Waals surface area contributed by atoms with Crippen LogP contribution < -0.4 is 0 Å². The minimum Gasteiger partial charge on any atom is -0.287 e. The van der Waals surface area contributed by atoms with Gasteiger partial charge in [-0.25, -0.2) is 4.98 Å². The normalized spacial score (nSPS) is 11.6. The number of halogens is 1. The van der Waals surface area contributed by atoms with Crippen molar-refractivity contribution in [3.8, 4) is 11.3 Å². The third kappa shape index (κ3) is 1.93. The van der Waals surface area contributed by atoms with Crippen LogP contribution in [0.2, 0.25) is 0 Å². The molecule has 2 aromatic heterocycles. The standard InChI is InChI=1S/C17H13BrN2S/c1-10-4-3-5-14-16(10)20-11(2)15(19-17(20)21-14)12-6-8-13(18)9-7-12/h3-9H,1-2H3. The number of hydrogen-bond acceptors (Lipinski definition) is 2. The van der Waals surface area contributed by atoms with Crippen LogP contribution in [0.5, 0.6) is 0 Å². The first-order chi connectivity index (χ1) is 10.1. The van der Waals surface area contributed by atoms with Gasteiger partial charge in [-0.05, 0) is 37.6 Å². The molecule has 4 rings (SSSR count). The van der Waals surface area contributed by atoms with Crippen LogP contribution in [-0.2, 0) is 0 Å². The molecule has 2 aromatic carbocycles. The Morgan fingerprint density at radius 1 is 1.05 bits per heavy atom. The number of benzene rings is 2. The van der Waals surface area contributed by atoms with Gasteiger partial charge in [0.15, 0.2) is 4.96 Å². The first-order valence-electron chi connectivity index (χ1n) is 6.78. The molecule has 0 N–H and O–H groups in total. The molecule has 0 aliphatic rings. The van der Waals surface area contributed by atoms with E-state index in [1.165, 1.54) is 21.5 Å². The Bertz CT molecular complexity index is 964. The highest BCUT2D eigenvalue weighted by Gasteiger charge is 2.15. The maximum absolute atomic E-state index is 4.86. The summed E-state index contributed by atoms with van der Waals surface area (Å²) in [6.07, 6.45) is 0. The van der Waals surface area contributed by atoms with Crippen LogP contribution in [-0.4, -0.2) is 9.38 Å².